The van der Waals surface area contributed by atoms with Crippen LogP contribution in [-0.4, -0.2) is 50.4 Å². The van der Waals surface area contributed by atoms with E-state index in [2.05, 4.69) is 5.32 Å². The van der Waals surface area contributed by atoms with Crippen LogP contribution in [0.5, 0.6) is 0 Å². The smallest absolute Gasteiger partial charge is 0.870 e. The number of halogens is 2. The number of imide groups is 1. The van der Waals surface area contributed by atoms with E-state index in [1.807, 2.05) is 0 Å². The number of nitro groups is 2. The van der Waals surface area contributed by atoms with Gasteiger partial charge in [0.1, 0.15) is 16.8 Å². The Balaban J connectivity index is 0. The van der Waals surface area contributed by atoms with Gasteiger partial charge in [0.2, 0.25) is 0 Å². The van der Waals surface area contributed by atoms with E-state index in [0.717, 1.165) is 12.1 Å². The first-order valence-electron chi connectivity index (χ1n) is 12.5. The zero-order chi connectivity index (χ0) is 33.5. The molecule has 244 valence electrons. The molecule has 45 heavy (non-hydrogen) atoms. The first kappa shape index (κ1) is 43.9. The Kier molecular flexibility index (Phi) is 17.1. The molecular weight excluding hydrogens is 650 g/mol. The van der Waals surface area contributed by atoms with Gasteiger partial charge in [-0.3, -0.25) is 25.5 Å². The molecule has 2 N–H and O–H groups in total. The minimum Gasteiger partial charge on any atom is -0.870 e. The maximum atomic E-state index is 12.5. The summed E-state index contributed by atoms with van der Waals surface area (Å²) in [6.07, 6.45) is -2.82. The predicted molar refractivity (Wildman–Crippen MR) is 163 cm³/mol. The van der Waals surface area contributed by atoms with Crippen molar-refractivity contribution >= 4 is 64.2 Å². The van der Waals surface area contributed by atoms with Crippen LogP contribution >= 0.6 is 23.2 Å². The number of non-ortho nitro benzene ring substituents is 2. The van der Waals surface area contributed by atoms with Gasteiger partial charge in [0.15, 0.2) is 0 Å². The van der Waals surface area contributed by atoms with Crippen molar-refractivity contribution in [2.45, 2.75) is 79.1 Å². The van der Waals surface area contributed by atoms with Gasteiger partial charge in [0, 0.05) is 24.3 Å². The van der Waals surface area contributed by atoms with Crippen LogP contribution in [0.25, 0.3) is 0 Å². The topological polar surface area (TPSA) is 210 Å². The molecule has 2 rings (SSSR count). The minimum absolute atomic E-state index is 0. The number of rotatable bonds is 4. The van der Waals surface area contributed by atoms with Crippen molar-refractivity contribution in [1.29, 1.82) is 0 Å². The van der Waals surface area contributed by atoms with Gasteiger partial charge in [-0.1, -0.05) is 23.2 Å². The Bertz CT molecular complexity index is 1360. The van der Waals surface area contributed by atoms with E-state index in [1.165, 1.54) is 24.3 Å². The molecule has 2 aromatic carbocycles. The van der Waals surface area contributed by atoms with Gasteiger partial charge >= 0.3 is 47.8 Å². The third kappa shape index (κ3) is 16.1. The molecule has 0 heterocycles. The van der Waals surface area contributed by atoms with E-state index in [-0.39, 0.29) is 67.8 Å². The van der Waals surface area contributed by atoms with Gasteiger partial charge in [0.25, 0.3) is 11.4 Å². The van der Waals surface area contributed by atoms with Crippen LogP contribution in [-0.2, 0) is 14.2 Å². The summed E-state index contributed by atoms with van der Waals surface area (Å²) < 4.78 is 15.4. The summed E-state index contributed by atoms with van der Waals surface area (Å²) in [5.74, 6) is 0. The third-order valence-electron chi connectivity index (χ3n) is 4.33. The van der Waals surface area contributed by atoms with Crippen molar-refractivity contribution in [2.75, 3.05) is 10.2 Å². The van der Waals surface area contributed by atoms with Crippen LogP contribution in [0, 0.1) is 20.2 Å². The molecule has 0 aliphatic heterocycles. The fourth-order valence-corrected chi connectivity index (χ4v) is 3.18. The number of amides is 3. The minimum atomic E-state index is -1.05. The molecule has 2 aromatic rings. The van der Waals surface area contributed by atoms with Crippen molar-refractivity contribution in [1.82, 2.24) is 0 Å². The Morgan fingerprint density at radius 1 is 0.711 bits per heavy atom. The number of carbonyl (C=O) groups excluding carboxylic acids is 3. The summed E-state index contributed by atoms with van der Waals surface area (Å²) in [6.45, 7) is 14.8. The number of benzene rings is 2. The van der Waals surface area contributed by atoms with Gasteiger partial charge < -0.3 is 19.7 Å². The summed E-state index contributed by atoms with van der Waals surface area (Å²) in [5.41, 5.74) is -3.01. The molecule has 0 fully saturated rings. The molecule has 0 saturated heterocycles. The van der Waals surface area contributed by atoms with Crippen LogP contribution in [0.4, 0.5) is 37.1 Å². The number of hydrogen-bond acceptors (Lipinski definition) is 11. The van der Waals surface area contributed by atoms with Crippen molar-refractivity contribution in [3.63, 3.8) is 0 Å². The molecule has 0 bridgehead atoms. The van der Waals surface area contributed by atoms with Crippen LogP contribution < -0.4 is 39.8 Å². The molecule has 0 aliphatic carbocycles. The Morgan fingerprint density at radius 2 is 1.09 bits per heavy atom. The summed E-state index contributed by atoms with van der Waals surface area (Å²) >= 11 is 11.9. The summed E-state index contributed by atoms with van der Waals surface area (Å²) in [4.78, 5) is 57.4. The van der Waals surface area contributed by atoms with Crippen LogP contribution in [0.3, 0.4) is 0 Å². The summed E-state index contributed by atoms with van der Waals surface area (Å²) in [6, 6.07) is 7.16. The van der Waals surface area contributed by atoms with Gasteiger partial charge in [-0.05, 0) is 74.4 Å². The zero-order valence-corrected chi connectivity index (χ0v) is 30.1. The monoisotopic (exact) mass is 684 g/mol. The second-order valence-electron chi connectivity index (χ2n) is 11.7. The molecule has 0 atom stereocenters. The van der Waals surface area contributed by atoms with Crippen molar-refractivity contribution in [2.24, 2.45) is 0 Å². The van der Waals surface area contributed by atoms with E-state index in [0.29, 0.717) is 4.90 Å². The first-order valence-corrected chi connectivity index (χ1v) is 13.3. The predicted octanol–water partition coefficient (Wildman–Crippen LogP) is 5.35. The number of nitrogens with one attached hydrogen (secondary N) is 1. The number of carbonyl (C=O) groups is 3. The van der Waals surface area contributed by atoms with E-state index in [9.17, 15) is 34.6 Å². The molecular formula is C27H35Cl2N4NaO11. The van der Waals surface area contributed by atoms with E-state index in [1.54, 1.807) is 62.3 Å². The second kappa shape index (κ2) is 17.5. The van der Waals surface area contributed by atoms with Gasteiger partial charge in [-0.2, -0.15) is 4.90 Å². The Morgan fingerprint density at radius 3 is 1.47 bits per heavy atom. The molecule has 0 aliphatic rings. The fraction of sp³-hybridized carbons (Fsp3) is 0.444. The Labute approximate surface area is 292 Å². The molecule has 0 saturated carbocycles. The molecule has 0 unspecified atom stereocenters. The molecule has 15 nitrogen and oxygen atoms in total. The molecule has 0 aromatic heterocycles. The summed E-state index contributed by atoms with van der Waals surface area (Å²) in [5, 5.41) is 24.1. The van der Waals surface area contributed by atoms with E-state index in [4.69, 9.17) is 37.4 Å². The number of ether oxygens (including phenoxy) is 3. The maximum Gasteiger partial charge on any atom is 1.00 e. The summed E-state index contributed by atoms with van der Waals surface area (Å²) in [7, 11) is 0. The molecule has 3 amide bonds. The molecule has 0 spiro atoms. The average Bonchev–Trinajstić information content (AvgIpc) is 2.78. The molecule has 0 radical (unpaired) electrons. The molecule has 18 heteroatoms. The number of nitrogens with zero attached hydrogens (tertiary/aromatic N) is 3. The second-order valence-corrected chi connectivity index (χ2v) is 12.6. The first-order chi connectivity index (χ1) is 19.4. The number of nitro benzene ring substituents is 2. The van der Waals surface area contributed by atoms with Crippen LogP contribution in [0.1, 0.15) is 62.3 Å². The van der Waals surface area contributed by atoms with Crippen molar-refractivity contribution in [3.8, 4) is 0 Å². The largest absolute Gasteiger partial charge is 1.00 e. The average molecular weight is 685 g/mol. The third-order valence-corrected chi connectivity index (χ3v) is 4.98. The van der Waals surface area contributed by atoms with Crippen molar-refractivity contribution in [3.05, 3.63) is 66.7 Å². The van der Waals surface area contributed by atoms with Gasteiger partial charge in [-0.25, -0.2) is 14.4 Å². The van der Waals surface area contributed by atoms with E-state index >= 15 is 0 Å². The van der Waals surface area contributed by atoms with Crippen LogP contribution in [0.2, 0.25) is 10.0 Å². The zero-order valence-electron chi connectivity index (χ0n) is 26.6. The quantitative estimate of drug-likeness (QED) is 0.188. The van der Waals surface area contributed by atoms with Gasteiger partial charge in [0.05, 0.1) is 31.3 Å². The fourth-order valence-electron chi connectivity index (χ4n) is 2.81. The van der Waals surface area contributed by atoms with E-state index < -0.39 is 44.9 Å². The number of hydrogen-bond donors (Lipinski definition) is 1. The SMILES string of the molecule is CC(C)(C)OC(=O)N(C(=O)OC(C)(C)C)c1cc([N+](=O)[O-])ccc1Cl.CC(C)(C)OC(=O)Nc1cc([N+](=O)[O-])ccc1Cl.[Na+].[OH-]. The maximum absolute atomic E-state index is 12.5. The van der Waals surface area contributed by atoms with Gasteiger partial charge in [-0.15, -0.1) is 0 Å². The number of anilines is 2. The van der Waals surface area contributed by atoms with Crippen LogP contribution in [0.15, 0.2) is 36.4 Å². The van der Waals surface area contributed by atoms with Crippen molar-refractivity contribution < 1.29 is 73.5 Å². The Hall–Kier alpha value is -3.21. The standard InChI is InChI=1S/C16H21ClN2O6.C11H13ClN2O4.Na.H2O/c1-15(2,3)24-13(20)18(14(21)25-16(4,5)6)12-9-10(19(22)23)7-8-11(12)17;1-11(2,3)18-10(15)13-9-6-7(14(16)17)4-5-8(9)12;;/h7-9H,1-6H3;4-6H,1-3H3,(H,13,15);;1H2/q;;+1;/p-1. The normalized spacial score (nSPS) is 10.8.